The normalized spacial score (nSPS) is 30.6. The van der Waals surface area contributed by atoms with Crippen LogP contribution in [-0.2, 0) is 19.6 Å². The van der Waals surface area contributed by atoms with Crippen molar-refractivity contribution in [1.29, 1.82) is 0 Å². The Morgan fingerprint density at radius 2 is 1.73 bits per heavy atom. The lowest BCUT2D eigenvalue weighted by molar-refractivity contribution is -0.211. The molecule has 4 aliphatic rings. The van der Waals surface area contributed by atoms with Crippen LogP contribution < -0.4 is 0 Å². The van der Waals surface area contributed by atoms with Crippen molar-refractivity contribution in [3.63, 3.8) is 0 Å². The second-order valence-corrected chi connectivity index (χ2v) is 10.8. The Balaban J connectivity index is 1.44. The fourth-order valence-electron chi connectivity index (χ4n) is 5.15. The Bertz CT molecular complexity index is 632. The largest absolute Gasteiger partial charge is 0.366 e. The molecule has 6 nitrogen and oxygen atoms in total. The van der Waals surface area contributed by atoms with Gasteiger partial charge < -0.3 is 9.64 Å². The lowest BCUT2D eigenvalue weighted by atomic mass is 9.68. The van der Waals surface area contributed by atoms with Crippen molar-refractivity contribution in [2.75, 3.05) is 25.4 Å². The highest BCUT2D eigenvalue weighted by molar-refractivity contribution is 7.89. The zero-order valence-electron chi connectivity index (χ0n) is 15.9. The second kappa shape index (κ2) is 7.06. The van der Waals surface area contributed by atoms with E-state index in [0.717, 1.165) is 45.1 Å². The minimum atomic E-state index is -3.12. The first kappa shape index (κ1) is 18.7. The third-order valence-electron chi connectivity index (χ3n) is 6.89. The Labute approximate surface area is 157 Å². The molecule has 2 aliphatic carbocycles. The third kappa shape index (κ3) is 3.20. The van der Waals surface area contributed by atoms with Gasteiger partial charge in [-0.05, 0) is 51.4 Å². The maximum atomic E-state index is 13.0. The number of hydrogen-bond acceptors (Lipinski definition) is 4. The summed E-state index contributed by atoms with van der Waals surface area (Å²) in [7, 11) is -3.12. The molecule has 0 N–H and O–H groups in total. The topological polar surface area (TPSA) is 66.9 Å². The molecule has 1 amide bonds. The number of likely N-dealkylation sites (tertiary alicyclic amines) is 1. The quantitative estimate of drug-likeness (QED) is 0.658. The smallest absolute Gasteiger partial charge is 0.254 e. The molecular formula is C19H32N2O4S. The average molecular weight is 385 g/mol. The van der Waals surface area contributed by atoms with Crippen molar-refractivity contribution < 1.29 is 17.9 Å². The van der Waals surface area contributed by atoms with Crippen LogP contribution in [0.25, 0.3) is 0 Å². The lowest BCUT2D eigenvalue weighted by Gasteiger charge is -2.62. The van der Waals surface area contributed by atoms with E-state index in [1.807, 2.05) is 0 Å². The van der Waals surface area contributed by atoms with Crippen LogP contribution >= 0.6 is 0 Å². The number of piperidine rings is 1. The number of rotatable bonds is 6. The van der Waals surface area contributed by atoms with Crippen molar-refractivity contribution in [3.05, 3.63) is 0 Å². The van der Waals surface area contributed by atoms with Gasteiger partial charge in [-0.25, -0.2) is 12.7 Å². The van der Waals surface area contributed by atoms with Crippen molar-refractivity contribution in [1.82, 2.24) is 9.21 Å². The SMILES string of the molecule is CCS(=O)(=O)N1CCC(N2C(=O)C(OCC3CC3)C23CCCCC3)CC1. The molecule has 2 heterocycles. The van der Waals surface area contributed by atoms with Gasteiger partial charge in [0.05, 0.1) is 17.9 Å². The molecule has 1 spiro atoms. The first-order chi connectivity index (χ1) is 12.5. The van der Waals surface area contributed by atoms with Crippen LogP contribution in [0, 0.1) is 5.92 Å². The predicted molar refractivity (Wildman–Crippen MR) is 99.2 cm³/mol. The van der Waals surface area contributed by atoms with Crippen LogP contribution in [0.3, 0.4) is 0 Å². The number of carbonyl (C=O) groups is 1. The number of hydrogen-bond donors (Lipinski definition) is 0. The van der Waals surface area contributed by atoms with Gasteiger partial charge in [0.15, 0.2) is 6.10 Å². The van der Waals surface area contributed by atoms with E-state index < -0.39 is 10.0 Å². The van der Waals surface area contributed by atoms with Gasteiger partial charge in [0.1, 0.15) is 0 Å². The summed E-state index contributed by atoms with van der Waals surface area (Å²) in [5.74, 6) is 0.978. The average Bonchev–Trinajstić information content (AvgIpc) is 3.47. The van der Waals surface area contributed by atoms with Gasteiger partial charge in [-0.15, -0.1) is 0 Å². The zero-order valence-corrected chi connectivity index (χ0v) is 16.7. The molecule has 4 rings (SSSR count). The second-order valence-electron chi connectivity index (χ2n) is 8.56. The van der Waals surface area contributed by atoms with Gasteiger partial charge in [0.2, 0.25) is 10.0 Å². The van der Waals surface area contributed by atoms with Crippen molar-refractivity contribution in [3.8, 4) is 0 Å². The summed E-state index contributed by atoms with van der Waals surface area (Å²) in [5.41, 5.74) is -0.110. The lowest BCUT2D eigenvalue weighted by Crippen LogP contribution is -2.78. The Kier molecular flexibility index (Phi) is 5.07. The molecule has 7 heteroatoms. The number of β-lactam (4-membered cyclic amide) rings is 1. The summed E-state index contributed by atoms with van der Waals surface area (Å²) < 4.78 is 31.9. The van der Waals surface area contributed by atoms with E-state index in [0.29, 0.717) is 19.0 Å². The highest BCUT2D eigenvalue weighted by atomic mass is 32.2. The Hall–Kier alpha value is -0.660. The standard InChI is InChI=1S/C19H32N2O4S/c1-2-26(23,24)20-12-8-16(9-13-20)21-18(22)17(25-14-15-6-7-15)19(21)10-4-3-5-11-19/h15-17H,2-14H2,1H3. The van der Waals surface area contributed by atoms with Gasteiger partial charge in [-0.3, -0.25) is 4.79 Å². The number of nitrogens with zero attached hydrogens (tertiary/aromatic N) is 2. The van der Waals surface area contributed by atoms with E-state index in [1.165, 1.54) is 19.3 Å². The Morgan fingerprint density at radius 1 is 1.08 bits per heavy atom. The molecule has 0 aromatic heterocycles. The van der Waals surface area contributed by atoms with Gasteiger partial charge in [-0.2, -0.15) is 0 Å². The third-order valence-corrected chi connectivity index (χ3v) is 8.77. The van der Waals surface area contributed by atoms with Gasteiger partial charge >= 0.3 is 0 Å². The van der Waals surface area contributed by atoms with Crippen molar-refractivity contribution >= 4 is 15.9 Å². The molecule has 0 radical (unpaired) electrons. The number of carbonyl (C=O) groups excluding carboxylic acids is 1. The van der Waals surface area contributed by atoms with E-state index in [9.17, 15) is 13.2 Å². The number of amides is 1. The maximum absolute atomic E-state index is 13.0. The molecule has 26 heavy (non-hydrogen) atoms. The summed E-state index contributed by atoms with van der Waals surface area (Å²) in [4.78, 5) is 15.1. The Morgan fingerprint density at radius 3 is 2.31 bits per heavy atom. The molecule has 1 atom stereocenters. The first-order valence-electron chi connectivity index (χ1n) is 10.4. The van der Waals surface area contributed by atoms with Crippen molar-refractivity contribution in [2.24, 2.45) is 5.92 Å². The van der Waals surface area contributed by atoms with Gasteiger partial charge in [0.25, 0.3) is 5.91 Å². The van der Waals surface area contributed by atoms with E-state index in [-0.39, 0.29) is 29.3 Å². The molecule has 2 aliphatic heterocycles. The van der Waals surface area contributed by atoms with Crippen LogP contribution in [0.1, 0.15) is 64.7 Å². The molecular weight excluding hydrogens is 352 g/mol. The van der Waals surface area contributed by atoms with Crippen LogP contribution in [0.5, 0.6) is 0 Å². The summed E-state index contributed by atoms with van der Waals surface area (Å²) in [6, 6.07) is 0.171. The molecule has 0 aromatic carbocycles. The molecule has 1 unspecified atom stereocenters. The zero-order chi connectivity index (χ0) is 18.4. The number of ether oxygens (including phenoxy) is 1. The van der Waals surface area contributed by atoms with E-state index in [2.05, 4.69) is 4.90 Å². The summed E-state index contributed by atoms with van der Waals surface area (Å²) >= 11 is 0. The van der Waals surface area contributed by atoms with E-state index in [1.54, 1.807) is 11.2 Å². The van der Waals surface area contributed by atoms with Gasteiger partial charge in [-0.1, -0.05) is 19.3 Å². The van der Waals surface area contributed by atoms with Crippen LogP contribution in [0.15, 0.2) is 0 Å². The van der Waals surface area contributed by atoms with Crippen LogP contribution in [0.4, 0.5) is 0 Å². The summed E-state index contributed by atoms with van der Waals surface area (Å²) in [6.07, 6.45) is 9.39. The molecule has 4 fully saturated rings. The molecule has 2 saturated heterocycles. The number of sulfonamides is 1. The summed E-state index contributed by atoms with van der Waals surface area (Å²) in [6.45, 7) is 3.50. The summed E-state index contributed by atoms with van der Waals surface area (Å²) in [5, 5.41) is 0. The predicted octanol–water partition coefficient (Wildman–Crippen LogP) is 2.14. The van der Waals surface area contributed by atoms with Gasteiger partial charge in [0, 0.05) is 19.1 Å². The van der Waals surface area contributed by atoms with Crippen LogP contribution in [-0.4, -0.2) is 66.7 Å². The molecule has 0 aromatic rings. The van der Waals surface area contributed by atoms with Crippen LogP contribution in [0.2, 0.25) is 0 Å². The highest BCUT2D eigenvalue weighted by Gasteiger charge is 2.62. The fourth-order valence-corrected chi connectivity index (χ4v) is 6.28. The molecule has 148 valence electrons. The molecule has 0 bridgehead atoms. The fraction of sp³-hybridized carbons (Fsp3) is 0.947. The highest BCUT2D eigenvalue weighted by Crippen LogP contribution is 2.48. The maximum Gasteiger partial charge on any atom is 0.254 e. The first-order valence-corrected chi connectivity index (χ1v) is 12.0. The monoisotopic (exact) mass is 384 g/mol. The van der Waals surface area contributed by atoms with E-state index in [4.69, 9.17) is 4.74 Å². The van der Waals surface area contributed by atoms with Crippen molar-refractivity contribution in [2.45, 2.75) is 82.4 Å². The molecule has 2 saturated carbocycles. The minimum absolute atomic E-state index is 0.110. The minimum Gasteiger partial charge on any atom is -0.366 e. The van der Waals surface area contributed by atoms with E-state index >= 15 is 0 Å².